The molecule has 3 aromatic rings. The van der Waals surface area contributed by atoms with Gasteiger partial charge in [-0.05, 0) is 31.2 Å². The Kier molecular flexibility index (Phi) is 5.81. The van der Waals surface area contributed by atoms with Gasteiger partial charge in [0, 0.05) is 29.4 Å². The number of halogens is 1. The summed E-state index contributed by atoms with van der Waals surface area (Å²) in [6, 6.07) is 14.1. The maximum Gasteiger partial charge on any atom is 0.270 e. The number of amides is 1. The number of anilines is 1. The number of carbonyl (C=O) groups excluding carboxylic acids is 1. The first-order valence-corrected chi connectivity index (χ1v) is 8.68. The smallest absolute Gasteiger partial charge is 0.270 e. The number of ether oxygens (including phenoxy) is 1. The summed E-state index contributed by atoms with van der Waals surface area (Å²) >= 11 is 5.99. The number of aromatic nitrogens is 2. The number of carbonyl (C=O) groups is 1. The number of hydrogen-bond acceptors (Lipinski definition) is 6. The van der Waals surface area contributed by atoms with Crippen LogP contribution >= 0.6 is 11.6 Å². The molecule has 0 atom stereocenters. The lowest BCUT2D eigenvalue weighted by Gasteiger charge is -2.08. The van der Waals surface area contributed by atoms with Crippen LogP contribution in [0.1, 0.15) is 17.3 Å². The molecule has 1 aromatic heterocycles. The van der Waals surface area contributed by atoms with Gasteiger partial charge in [0.2, 0.25) is 5.88 Å². The van der Waals surface area contributed by atoms with Gasteiger partial charge in [0.1, 0.15) is 0 Å². The second kappa shape index (κ2) is 8.45. The second-order valence-corrected chi connectivity index (χ2v) is 6.05. The summed E-state index contributed by atoms with van der Waals surface area (Å²) in [6.07, 6.45) is 0. The van der Waals surface area contributed by atoms with Gasteiger partial charge in [-0.1, -0.05) is 23.7 Å². The van der Waals surface area contributed by atoms with Crippen LogP contribution in [0.4, 0.5) is 11.4 Å². The molecule has 1 N–H and O–H groups in total. The summed E-state index contributed by atoms with van der Waals surface area (Å²) in [5.74, 6) is -0.0914. The molecule has 0 unspecified atom stereocenters. The minimum atomic E-state index is -0.584. The van der Waals surface area contributed by atoms with Crippen molar-refractivity contribution in [2.75, 3.05) is 11.9 Å². The van der Waals surface area contributed by atoms with Gasteiger partial charge in [-0.15, -0.1) is 10.2 Å². The van der Waals surface area contributed by atoms with Gasteiger partial charge in [0.05, 0.1) is 27.8 Å². The maximum absolute atomic E-state index is 12.4. The molecule has 9 heteroatoms. The second-order valence-electron chi connectivity index (χ2n) is 5.64. The largest absolute Gasteiger partial charge is 0.477 e. The normalized spacial score (nSPS) is 10.4. The lowest BCUT2D eigenvalue weighted by Crippen LogP contribution is -2.12. The average Bonchev–Trinajstić information content (AvgIpc) is 2.69. The van der Waals surface area contributed by atoms with Crippen LogP contribution in [0, 0.1) is 10.1 Å². The Balaban J connectivity index is 1.74. The number of nitrogens with zero attached hydrogens (tertiary/aromatic N) is 3. The van der Waals surface area contributed by atoms with Crippen LogP contribution < -0.4 is 10.1 Å². The van der Waals surface area contributed by atoms with Crippen LogP contribution in [0.2, 0.25) is 5.02 Å². The Bertz CT molecular complexity index is 1010. The highest BCUT2D eigenvalue weighted by atomic mass is 35.5. The van der Waals surface area contributed by atoms with Crippen molar-refractivity contribution in [1.29, 1.82) is 0 Å². The van der Waals surface area contributed by atoms with E-state index < -0.39 is 10.8 Å². The first-order chi connectivity index (χ1) is 13.5. The summed E-state index contributed by atoms with van der Waals surface area (Å²) in [7, 11) is 0. The molecule has 1 amide bonds. The third-order valence-electron chi connectivity index (χ3n) is 3.78. The molecular weight excluding hydrogens is 384 g/mol. The Morgan fingerprint density at radius 2 is 1.89 bits per heavy atom. The molecule has 0 aliphatic rings. The number of non-ortho nitro benzene ring substituents is 1. The van der Waals surface area contributed by atoms with Crippen LogP contribution in [0.3, 0.4) is 0 Å². The monoisotopic (exact) mass is 398 g/mol. The van der Waals surface area contributed by atoms with E-state index in [1.807, 2.05) is 6.92 Å². The molecule has 28 heavy (non-hydrogen) atoms. The van der Waals surface area contributed by atoms with Gasteiger partial charge < -0.3 is 10.1 Å². The van der Waals surface area contributed by atoms with Crippen molar-refractivity contribution in [2.45, 2.75) is 6.92 Å². The summed E-state index contributed by atoms with van der Waals surface area (Å²) in [5.41, 5.74) is 1.79. The van der Waals surface area contributed by atoms with Crippen molar-refractivity contribution in [2.24, 2.45) is 0 Å². The third-order valence-corrected chi connectivity index (χ3v) is 4.11. The molecule has 0 spiro atoms. The molecule has 0 fully saturated rings. The van der Waals surface area contributed by atoms with Crippen LogP contribution in [-0.4, -0.2) is 27.6 Å². The molecule has 2 aromatic carbocycles. The van der Waals surface area contributed by atoms with E-state index in [1.165, 1.54) is 12.1 Å². The molecule has 0 aliphatic heterocycles. The third kappa shape index (κ3) is 4.41. The van der Waals surface area contributed by atoms with E-state index in [-0.39, 0.29) is 16.3 Å². The average molecular weight is 399 g/mol. The molecule has 0 saturated heterocycles. The Morgan fingerprint density at radius 1 is 1.14 bits per heavy atom. The minimum absolute atomic E-state index is 0.0253. The maximum atomic E-state index is 12.4. The topological polar surface area (TPSA) is 107 Å². The van der Waals surface area contributed by atoms with Crippen LogP contribution in [0.15, 0.2) is 54.6 Å². The van der Waals surface area contributed by atoms with E-state index in [4.69, 9.17) is 16.3 Å². The van der Waals surface area contributed by atoms with Crippen molar-refractivity contribution in [1.82, 2.24) is 10.2 Å². The van der Waals surface area contributed by atoms with E-state index in [1.54, 1.807) is 36.4 Å². The molecule has 3 rings (SSSR count). The molecule has 8 nitrogen and oxygen atoms in total. The molecular formula is C19H15ClN4O4. The number of benzene rings is 2. The number of nitro benzene ring substituents is 1. The standard InChI is InChI=1S/C19H15ClN4O4/c1-2-28-18-10-9-17(22-23-18)12-3-5-13(6-4-12)21-19(25)15-11-14(24(26)27)7-8-16(15)20/h3-11H,2H2,1H3,(H,21,25). The van der Waals surface area contributed by atoms with Crippen molar-refractivity contribution in [3.05, 3.63) is 75.3 Å². The lowest BCUT2D eigenvalue weighted by atomic mass is 10.1. The van der Waals surface area contributed by atoms with Gasteiger partial charge in [-0.3, -0.25) is 14.9 Å². The highest BCUT2D eigenvalue weighted by Gasteiger charge is 2.16. The Labute approximate surface area is 165 Å². The predicted octanol–water partition coefficient (Wildman–Crippen LogP) is 4.36. The van der Waals surface area contributed by atoms with Crippen LogP contribution in [-0.2, 0) is 0 Å². The van der Waals surface area contributed by atoms with Crippen LogP contribution in [0.5, 0.6) is 5.88 Å². The molecule has 1 heterocycles. The number of nitro groups is 1. The van der Waals surface area contributed by atoms with E-state index in [2.05, 4.69) is 15.5 Å². The zero-order chi connectivity index (χ0) is 20.1. The summed E-state index contributed by atoms with van der Waals surface area (Å²) in [5, 5.41) is 21.8. The SMILES string of the molecule is CCOc1ccc(-c2ccc(NC(=O)c3cc([N+](=O)[O-])ccc3Cl)cc2)nn1. The number of hydrogen-bond donors (Lipinski definition) is 1. The fourth-order valence-corrected chi connectivity index (χ4v) is 2.63. The molecule has 0 radical (unpaired) electrons. The summed E-state index contributed by atoms with van der Waals surface area (Å²) < 4.78 is 5.26. The highest BCUT2D eigenvalue weighted by Crippen LogP contribution is 2.24. The first kappa shape index (κ1) is 19.2. The molecule has 0 saturated carbocycles. The van der Waals surface area contributed by atoms with Gasteiger partial charge in [0.15, 0.2) is 0 Å². The quantitative estimate of drug-likeness (QED) is 0.488. The van der Waals surface area contributed by atoms with Gasteiger partial charge in [0.25, 0.3) is 11.6 Å². The zero-order valence-corrected chi connectivity index (χ0v) is 15.5. The van der Waals surface area contributed by atoms with E-state index >= 15 is 0 Å². The fourth-order valence-electron chi connectivity index (χ4n) is 2.42. The van der Waals surface area contributed by atoms with Crippen molar-refractivity contribution in [3.8, 4) is 17.1 Å². The molecule has 0 bridgehead atoms. The summed E-state index contributed by atoms with van der Waals surface area (Å²) in [4.78, 5) is 22.7. The zero-order valence-electron chi connectivity index (χ0n) is 14.8. The summed E-state index contributed by atoms with van der Waals surface area (Å²) in [6.45, 7) is 2.38. The van der Waals surface area contributed by atoms with Crippen molar-refractivity contribution in [3.63, 3.8) is 0 Å². The number of rotatable bonds is 6. The van der Waals surface area contributed by atoms with Gasteiger partial charge >= 0.3 is 0 Å². The van der Waals surface area contributed by atoms with Crippen molar-refractivity contribution >= 4 is 28.9 Å². The number of nitrogens with one attached hydrogen (secondary N) is 1. The lowest BCUT2D eigenvalue weighted by molar-refractivity contribution is -0.384. The van der Waals surface area contributed by atoms with Crippen LogP contribution in [0.25, 0.3) is 11.3 Å². The molecule has 142 valence electrons. The Morgan fingerprint density at radius 3 is 2.50 bits per heavy atom. The fraction of sp³-hybridized carbons (Fsp3) is 0.105. The van der Waals surface area contributed by atoms with Crippen molar-refractivity contribution < 1.29 is 14.5 Å². The predicted molar refractivity (Wildman–Crippen MR) is 105 cm³/mol. The molecule has 0 aliphatic carbocycles. The first-order valence-electron chi connectivity index (χ1n) is 8.30. The van der Waals surface area contributed by atoms with E-state index in [9.17, 15) is 14.9 Å². The van der Waals surface area contributed by atoms with E-state index in [0.29, 0.717) is 23.9 Å². The van der Waals surface area contributed by atoms with Gasteiger partial charge in [-0.2, -0.15) is 0 Å². The Hall–Kier alpha value is -3.52. The van der Waals surface area contributed by atoms with E-state index in [0.717, 1.165) is 11.6 Å². The van der Waals surface area contributed by atoms with Gasteiger partial charge in [-0.25, -0.2) is 0 Å². The minimum Gasteiger partial charge on any atom is -0.477 e. The highest BCUT2D eigenvalue weighted by molar-refractivity contribution is 6.34.